The monoisotopic (exact) mass is 644 g/mol. The van der Waals surface area contributed by atoms with Gasteiger partial charge < -0.3 is 14.8 Å². The fourth-order valence-electron chi connectivity index (χ4n) is 5.59. The molecule has 1 aromatic carbocycles. The van der Waals surface area contributed by atoms with Crippen LogP contribution in [-0.4, -0.2) is 58.8 Å². The van der Waals surface area contributed by atoms with Crippen LogP contribution in [-0.2, 0) is 43.4 Å². The molecule has 45 heavy (non-hydrogen) atoms. The number of likely N-dealkylation sites (tertiary alicyclic amines) is 1. The molecule has 4 heterocycles. The number of hydrogen-bond donors (Lipinski definition) is 1. The van der Waals surface area contributed by atoms with Crippen LogP contribution in [0.25, 0.3) is 0 Å². The summed E-state index contributed by atoms with van der Waals surface area (Å²) in [5, 5.41) is 1.50. The smallest absolute Gasteiger partial charge is 0.449 e. The average molecular weight is 645 g/mol. The van der Waals surface area contributed by atoms with Crippen molar-refractivity contribution in [3.63, 3.8) is 0 Å². The molecule has 1 amide bonds. The largest absolute Gasteiger partial charge is 0.490 e. The molecular weight excluding hydrogens is 620 g/mol. The van der Waals surface area contributed by atoms with E-state index in [1.807, 2.05) is 11.0 Å². The highest BCUT2D eigenvalue weighted by Gasteiger charge is 2.60. The molecule has 1 atom stereocenters. The Morgan fingerprint density at radius 3 is 2.33 bits per heavy atom. The van der Waals surface area contributed by atoms with Crippen molar-refractivity contribution in [2.75, 3.05) is 19.7 Å². The third-order valence-electron chi connectivity index (χ3n) is 7.86. The number of nitrogens with one attached hydrogen (secondary N) is 1. The van der Waals surface area contributed by atoms with Crippen LogP contribution in [0.5, 0.6) is 0 Å². The molecule has 2 aliphatic rings. The third kappa shape index (κ3) is 6.33. The highest BCUT2D eigenvalue weighted by Crippen LogP contribution is 2.45. The molecule has 0 bridgehead atoms. The lowest BCUT2D eigenvalue weighted by Crippen LogP contribution is -2.58. The van der Waals surface area contributed by atoms with E-state index in [-0.39, 0.29) is 12.6 Å². The summed E-state index contributed by atoms with van der Waals surface area (Å²) >= 11 is 0. The highest BCUT2D eigenvalue weighted by atomic mass is 19.4. The lowest BCUT2D eigenvalue weighted by molar-refractivity contribution is -0.202. The van der Waals surface area contributed by atoms with Crippen molar-refractivity contribution in [1.29, 1.82) is 0 Å². The van der Waals surface area contributed by atoms with Crippen molar-refractivity contribution >= 4 is 11.9 Å². The molecule has 1 fully saturated rings. The summed E-state index contributed by atoms with van der Waals surface area (Å²) in [5.74, 6) is -7.80. The van der Waals surface area contributed by atoms with E-state index in [4.69, 9.17) is 4.74 Å². The van der Waals surface area contributed by atoms with Gasteiger partial charge in [0, 0.05) is 43.8 Å². The van der Waals surface area contributed by atoms with E-state index in [1.54, 1.807) is 12.4 Å². The topological polar surface area (TPSA) is 93.7 Å². The minimum Gasteiger partial charge on any atom is -0.449 e. The van der Waals surface area contributed by atoms with E-state index < -0.39 is 64.9 Å². The zero-order valence-corrected chi connectivity index (χ0v) is 23.1. The first kappa shape index (κ1) is 32.2. The third-order valence-corrected chi connectivity index (χ3v) is 7.86. The van der Waals surface area contributed by atoms with Gasteiger partial charge >= 0.3 is 18.3 Å². The predicted octanol–water partition coefficient (Wildman–Crippen LogP) is 4.80. The Hall–Kier alpha value is -4.18. The Morgan fingerprint density at radius 2 is 1.71 bits per heavy atom. The maximum atomic E-state index is 14.9. The predicted molar refractivity (Wildman–Crippen MR) is 138 cm³/mol. The molecule has 3 aromatic rings. The molecule has 5 rings (SSSR count). The van der Waals surface area contributed by atoms with Gasteiger partial charge in [-0.1, -0.05) is 12.1 Å². The minimum absolute atomic E-state index is 0.183. The summed E-state index contributed by atoms with van der Waals surface area (Å²) in [6.07, 6.45) is -5.12. The molecule has 1 saturated heterocycles. The number of piperidine rings is 1. The van der Waals surface area contributed by atoms with E-state index >= 15 is 0 Å². The van der Waals surface area contributed by atoms with Crippen LogP contribution in [0.2, 0.25) is 0 Å². The first-order chi connectivity index (χ1) is 21.1. The first-order valence-electron chi connectivity index (χ1n) is 13.5. The minimum atomic E-state index is -5.51. The molecule has 16 heteroatoms. The van der Waals surface area contributed by atoms with Crippen LogP contribution >= 0.6 is 0 Å². The zero-order valence-electron chi connectivity index (χ0n) is 23.1. The molecule has 8 nitrogen and oxygen atoms in total. The van der Waals surface area contributed by atoms with Crippen molar-refractivity contribution < 1.29 is 54.2 Å². The van der Waals surface area contributed by atoms with Gasteiger partial charge in [0.1, 0.15) is 0 Å². The molecule has 1 unspecified atom stereocenters. The number of esters is 1. The normalized spacial score (nSPS) is 17.9. The second-order valence-electron chi connectivity index (χ2n) is 10.6. The zero-order chi connectivity index (χ0) is 32.6. The number of nitrogens with zero attached hydrogens (tertiary/aromatic N) is 3. The van der Waals surface area contributed by atoms with E-state index in [0.29, 0.717) is 50.2 Å². The standard InChI is InChI=1S/C29H24F8N4O4/c30-21-3-2-19(11-22(21)31)27(29(35,36)37,40-24(42)16-44-25(43)28(32,33)34)23-4-1-17(12-39-23)14-41-9-6-26(7-10-41)20-13-38-8-5-18(20)15-45-26/h1-5,8,11-13H,6-7,9-10,14-16H2,(H,40,42). The summed E-state index contributed by atoms with van der Waals surface area (Å²) in [6, 6.07) is 5.24. The fourth-order valence-corrected chi connectivity index (χ4v) is 5.59. The Kier molecular flexibility index (Phi) is 8.57. The van der Waals surface area contributed by atoms with E-state index in [0.717, 1.165) is 23.4 Å². The molecule has 2 aliphatic heterocycles. The van der Waals surface area contributed by atoms with E-state index in [9.17, 15) is 44.7 Å². The Labute approximate surface area is 250 Å². The number of alkyl halides is 6. The second kappa shape index (κ2) is 12.0. The summed E-state index contributed by atoms with van der Waals surface area (Å²) in [7, 11) is 0. The van der Waals surface area contributed by atoms with Gasteiger partial charge in [-0.25, -0.2) is 13.6 Å². The average Bonchev–Trinajstić information content (AvgIpc) is 3.34. The van der Waals surface area contributed by atoms with Crippen LogP contribution in [0.4, 0.5) is 35.1 Å². The van der Waals surface area contributed by atoms with Crippen LogP contribution in [0, 0.1) is 11.6 Å². The van der Waals surface area contributed by atoms with Gasteiger partial charge in [0.15, 0.2) is 18.2 Å². The van der Waals surface area contributed by atoms with Gasteiger partial charge in [0.05, 0.1) is 17.9 Å². The number of pyridine rings is 2. The molecular formula is C29H24F8N4O4. The van der Waals surface area contributed by atoms with Crippen molar-refractivity contribution in [3.8, 4) is 0 Å². The maximum Gasteiger partial charge on any atom is 0.490 e. The number of aromatic nitrogens is 2. The summed E-state index contributed by atoms with van der Waals surface area (Å²) < 4.78 is 120. The van der Waals surface area contributed by atoms with Crippen LogP contribution in [0.15, 0.2) is 55.0 Å². The fraction of sp³-hybridized carbons (Fsp3) is 0.379. The maximum absolute atomic E-state index is 14.9. The number of carbonyl (C=O) groups is 2. The van der Waals surface area contributed by atoms with Gasteiger partial charge in [-0.05, 0) is 53.8 Å². The Morgan fingerprint density at radius 1 is 0.978 bits per heavy atom. The van der Waals surface area contributed by atoms with Crippen LogP contribution in [0.1, 0.15) is 40.8 Å². The van der Waals surface area contributed by atoms with Crippen molar-refractivity contribution in [3.05, 3.63) is 94.6 Å². The lowest BCUT2D eigenvalue weighted by Gasteiger charge is -2.39. The number of ether oxygens (including phenoxy) is 2. The number of benzene rings is 1. The summed E-state index contributed by atoms with van der Waals surface area (Å²) in [6.45, 7) is 0.184. The molecule has 0 saturated carbocycles. The van der Waals surface area contributed by atoms with Gasteiger partial charge in [-0.3, -0.25) is 19.7 Å². The lowest BCUT2D eigenvalue weighted by atomic mass is 9.84. The summed E-state index contributed by atoms with van der Waals surface area (Å²) in [4.78, 5) is 33.6. The van der Waals surface area contributed by atoms with Crippen LogP contribution < -0.4 is 5.32 Å². The number of halogens is 8. The molecule has 1 spiro atoms. The van der Waals surface area contributed by atoms with E-state index in [2.05, 4.69) is 14.7 Å². The molecule has 240 valence electrons. The number of hydrogen-bond acceptors (Lipinski definition) is 7. The molecule has 2 aromatic heterocycles. The molecule has 0 aliphatic carbocycles. The van der Waals surface area contributed by atoms with Gasteiger partial charge in [0.2, 0.25) is 5.54 Å². The molecule has 1 N–H and O–H groups in total. The highest BCUT2D eigenvalue weighted by molar-refractivity contribution is 5.83. The van der Waals surface area contributed by atoms with Gasteiger partial charge in [-0.15, -0.1) is 0 Å². The number of rotatable bonds is 7. The van der Waals surface area contributed by atoms with Gasteiger partial charge in [0.25, 0.3) is 5.91 Å². The SMILES string of the molecule is O=C(COC(=O)C(F)(F)F)NC(c1ccc(F)c(F)c1)(c1ccc(CN2CCC3(CC2)OCc2ccncc23)cn1)C(F)(F)F. The Balaban J connectivity index is 1.38. The van der Waals surface area contributed by atoms with Gasteiger partial charge in [-0.2, -0.15) is 26.3 Å². The number of carbonyl (C=O) groups excluding carboxylic acids is 2. The van der Waals surface area contributed by atoms with Crippen LogP contribution in [0.3, 0.4) is 0 Å². The van der Waals surface area contributed by atoms with E-state index in [1.165, 1.54) is 11.4 Å². The van der Waals surface area contributed by atoms with Crippen molar-refractivity contribution in [2.45, 2.75) is 49.5 Å². The number of fused-ring (bicyclic) bond motifs is 2. The van der Waals surface area contributed by atoms with Crippen molar-refractivity contribution in [2.24, 2.45) is 0 Å². The number of amides is 1. The molecule has 0 radical (unpaired) electrons. The summed E-state index contributed by atoms with van der Waals surface area (Å²) in [5.41, 5.74) is -3.48. The quantitative estimate of drug-likeness (QED) is 0.292. The first-order valence-corrected chi connectivity index (χ1v) is 13.5. The second-order valence-corrected chi connectivity index (χ2v) is 10.6. The Bertz CT molecular complexity index is 1570. The van der Waals surface area contributed by atoms with Crippen molar-refractivity contribution in [1.82, 2.24) is 20.2 Å².